The van der Waals surface area contributed by atoms with Gasteiger partial charge in [-0.05, 0) is 42.3 Å². The molecule has 35 heavy (non-hydrogen) atoms. The lowest BCUT2D eigenvalue weighted by atomic mass is 10.1. The van der Waals surface area contributed by atoms with Crippen LogP contribution in [0.3, 0.4) is 0 Å². The summed E-state index contributed by atoms with van der Waals surface area (Å²) in [6.07, 6.45) is 5.24. The molecule has 0 bridgehead atoms. The number of imidazole rings is 1. The molecule has 0 saturated carbocycles. The number of ether oxygens (including phenoxy) is 1. The normalized spacial score (nSPS) is 11.5. The average Bonchev–Trinajstić information content (AvgIpc) is 3.24. The van der Waals surface area contributed by atoms with E-state index in [4.69, 9.17) is 4.74 Å². The molecule has 0 unspecified atom stereocenters. The zero-order valence-electron chi connectivity index (χ0n) is 19.7. The highest BCUT2D eigenvalue weighted by Crippen LogP contribution is 2.21. The summed E-state index contributed by atoms with van der Waals surface area (Å²) in [6.45, 7) is 0.513. The van der Waals surface area contributed by atoms with Crippen LogP contribution in [0.1, 0.15) is 11.4 Å². The summed E-state index contributed by atoms with van der Waals surface area (Å²) in [5, 5.41) is 3.13. The van der Waals surface area contributed by atoms with Gasteiger partial charge in [-0.3, -0.25) is 0 Å². The molecule has 0 fully saturated rings. The van der Waals surface area contributed by atoms with Crippen LogP contribution in [-0.4, -0.2) is 48.2 Å². The first-order valence-electron chi connectivity index (χ1n) is 11.2. The molecule has 2 heterocycles. The minimum atomic E-state index is -3.59. The number of methoxy groups -OCH3 is 1. The average molecular weight is 493 g/mol. The molecule has 2 N–H and O–H groups in total. The van der Waals surface area contributed by atoms with E-state index in [9.17, 15) is 8.42 Å². The van der Waals surface area contributed by atoms with Crippen molar-refractivity contribution in [3.63, 3.8) is 0 Å². The van der Waals surface area contributed by atoms with E-state index in [1.807, 2.05) is 42.1 Å². The van der Waals surface area contributed by atoms with Crippen LogP contribution in [0.4, 0.5) is 11.6 Å². The van der Waals surface area contributed by atoms with E-state index in [-0.39, 0.29) is 11.4 Å². The predicted octanol–water partition coefficient (Wildman–Crippen LogP) is 3.33. The van der Waals surface area contributed by atoms with Crippen molar-refractivity contribution in [3.8, 4) is 11.4 Å². The topological polar surface area (TPSA) is 111 Å². The molecule has 9 nitrogen and oxygen atoms in total. The van der Waals surface area contributed by atoms with Crippen molar-refractivity contribution in [3.05, 3.63) is 84.4 Å². The number of hydrogen-bond donors (Lipinski definition) is 2. The number of aromatic nitrogens is 4. The van der Waals surface area contributed by atoms with Crippen LogP contribution in [0.5, 0.6) is 0 Å². The molecule has 2 aromatic heterocycles. The quantitative estimate of drug-likeness (QED) is 0.309. The predicted molar refractivity (Wildman–Crippen MR) is 135 cm³/mol. The van der Waals surface area contributed by atoms with Gasteiger partial charge >= 0.3 is 0 Å². The molecule has 2 aromatic carbocycles. The molecular weight excluding hydrogens is 464 g/mol. The summed E-state index contributed by atoms with van der Waals surface area (Å²) in [7, 11) is -0.0859. The highest BCUT2D eigenvalue weighted by Gasteiger charge is 2.14. The Bertz CT molecular complexity index is 1360. The van der Waals surface area contributed by atoms with Gasteiger partial charge in [-0.15, -0.1) is 0 Å². The fraction of sp³-hybridized carbons (Fsp3) is 0.240. The van der Waals surface area contributed by atoms with Crippen LogP contribution >= 0.6 is 0 Å². The maximum atomic E-state index is 12.3. The number of nitrogens with zero attached hydrogens (tertiary/aromatic N) is 4. The van der Waals surface area contributed by atoms with Crippen molar-refractivity contribution in [1.29, 1.82) is 0 Å². The minimum absolute atomic E-state index is 0.173. The standard InChI is InChI=1S/C25H28N6O3S/c1-31-23(18-27-24(31)13-8-19-6-4-3-5-7-19)22-14-15-26-25(30-22)29-20-9-11-21(12-10-20)35(32,33)28-16-17-34-2/h3-7,9-12,14-15,18,28H,8,13,16-17H2,1-2H3,(H,26,29,30). The minimum Gasteiger partial charge on any atom is -0.383 e. The van der Waals surface area contributed by atoms with Crippen molar-refractivity contribution < 1.29 is 13.2 Å². The molecule has 4 rings (SSSR count). The lowest BCUT2D eigenvalue weighted by molar-refractivity contribution is 0.204. The van der Waals surface area contributed by atoms with E-state index in [0.717, 1.165) is 30.1 Å². The van der Waals surface area contributed by atoms with Gasteiger partial charge in [-0.1, -0.05) is 30.3 Å². The molecule has 10 heteroatoms. The van der Waals surface area contributed by atoms with Gasteiger partial charge in [0, 0.05) is 39.0 Å². The van der Waals surface area contributed by atoms with E-state index >= 15 is 0 Å². The monoisotopic (exact) mass is 492 g/mol. The maximum Gasteiger partial charge on any atom is 0.240 e. The second-order valence-corrected chi connectivity index (χ2v) is 9.68. The maximum absolute atomic E-state index is 12.3. The van der Waals surface area contributed by atoms with Crippen molar-refractivity contribution in [2.24, 2.45) is 7.05 Å². The summed E-state index contributed by atoms with van der Waals surface area (Å²) in [6, 6.07) is 18.6. The van der Waals surface area contributed by atoms with Crippen LogP contribution in [-0.2, 0) is 34.6 Å². The van der Waals surface area contributed by atoms with Gasteiger partial charge in [-0.2, -0.15) is 0 Å². The second-order valence-electron chi connectivity index (χ2n) is 7.91. The number of anilines is 2. The van der Waals surface area contributed by atoms with Gasteiger partial charge < -0.3 is 14.6 Å². The van der Waals surface area contributed by atoms with Gasteiger partial charge in [0.2, 0.25) is 16.0 Å². The Morgan fingerprint density at radius 3 is 2.49 bits per heavy atom. The highest BCUT2D eigenvalue weighted by atomic mass is 32.2. The van der Waals surface area contributed by atoms with Crippen molar-refractivity contribution in [2.75, 3.05) is 25.6 Å². The van der Waals surface area contributed by atoms with Crippen LogP contribution < -0.4 is 10.0 Å². The van der Waals surface area contributed by atoms with Crippen molar-refractivity contribution >= 4 is 21.7 Å². The third-order valence-electron chi connectivity index (χ3n) is 5.50. The van der Waals surface area contributed by atoms with Crippen molar-refractivity contribution in [2.45, 2.75) is 17.7 Å². The first kappa shape index (κ1) is 24.5. The molecule has 0 amide bonds. The SMILES string of the molecule is COCCNS(=O)(=O)c1ccc(Nc2nccc(-c3cnc(CCc4ccccc4)n3C)n2)cc1. The Kier molecular flexibility index (Phi) is 7.86. The Balaban J connectivity index is 1.44. The number of sulfonamides is 1. The summed E-state index contributed by atoms with van der Waals surface area (Å²) >= 11 is 0. The number of rotatable bonds is 11. The Labute approximate surface area is 205 Å². The third kappa shape index (κ3) is 6.30. The van der Waals surface area contributed by atoms with E-state index in [2.05, 4.69) is 37.1 Å². The summed E-state index contributed by atoms with van der Waals surface area (Å²) in [5.74, 6) is 1.39. The van der Waals surface area contributed by atoms with Gasteiger partial charge in [0.25, 0.3) is 0 Å². The zero-order chi connectivity index (χ0) is 24.7. The number of benzene rings is 2. The van der Waals surface area contributed by atoms with Gasteiger partial charge in [-0.25, -0.2) is 28.1 Å². The molecule has 0 saturated heterocycles. The van der Waals surface area contributed by atoms with Crippen LogP contribution in [0, 0.1) is 0 Å². The fourth-order valence-corrected chi connectivity index (χ4v) is 4.60. The number of nitrogens with one attached hydrogen (secondary N) is 2. The summed E-state index contributed by atoms with van der Waals surface area (Å²) in [4.78, 5) is 13.7. The number of aryl methyl sites for hydroxylation is 2. The summed E-state index contributed by atoms with van der Waals surface area (Å²) in [5.41, 5.74) is 3.58. The van der Waals surface area contributed by atoms with Crippen LogP contribution in [0.25, 0.3) is 11.4 Å². The molecule has 182 valence electrons. The molecule has 0 aliphatic carbocycles. The van der Waals surface area contributed by atoms with Crippen molar-refractivity contribution in [1.82, 2.24) is 24.2 Å². The Morgan fingerprint density at radius 2 is 1.74 bits per heavy atom. The van der Waals surface area contributed by atoms with Gasteiger partial charge in [0.15, 0.2) is 0 Å². The first-order chi connectivity index (χ1) is 17.0. The zero-order valence-corrected chi connectivity index (χ0v) is 20.5. The Morgan fingerprint density at radius 1 is 0.971 bits per heavy atom. The summed E-state index contributed by atoms with van der Waals surface area (Å²) < 4.78 is 34.1. The molecule has 0 aliphatic heterocycles. The Hall–Kier alpha value is -3.60. The number of hydrogen-bond acceptors (Lipinski definition) is 7. The largest absolute Gasteiger partial charge is 0.383 e. The lowest BCUT2D eigenvalue weighted by Gasteiger charge is -2.10. The molecular formula is C25H28N6O3S. The smallest absolute Gasteiger partial charge is 0.240 e. The second kappa shape index (κ2) is 11.2. The van der Waals surface area contributed by atoms with E-state index in [1.165, 1.54) is 24.8 Å². The van der Waals surface area contributed by atoms with Gasteiger partial charge in [0.05, 0.1) is 29.1 Å². The molecule has 0 atom stereocenters. The van der Waals surface area contributed by atoms with Gasteiger partial charge in [0.1, 0.15) is 5.82 Å². The lowest BCUT2D eigenvalue weighted by Crippen LogP contribution is -2.27. The first-order valence-corrected chi connectivity index (χ1v) is 12.7. The van der Waals surface area contributed by atoms with E-state index in [0.29, 0.717) is 18.2 Å². The van der Waals surface area contributed by atoms with E-state index < -0.39 is 10.0 Å². The third-order valence-corrected chi connectivity index (χ3v) is 6.98. The van der Waals surface area contributed by atoms with Crippen LogP contribution in [0.15, 0.2) is 78.0 Å². The van der Waals surface area contributed by atoms with E-state index in [1.54, 1.807) is 18.3 Å². The molecule has 4 aromatic rings. The molecule has 0 spiro atoms. The highest BCUT2D eigenvalue weighted by molar-refractivity contribution is 7.89. The van der Waals surface area contributed by atoms with Crippen LogP contribution in [0.2, 0.25) is 0 Å². The molecule has 0 radical (unpaired) electrons. The fourth-order valence-electron chi connectivity index (χ4n) is 3.59. The molecule has 0 aliphatic rings.